The van der Waals surface area contributed by atoms with Gasteiger partial charge in [0.1, 0.15) is 6.10 Å². The van der Waals surface area contributed by atoms with E-state index in [0.29, 0.717) is 6.42 Å². The average molecular weight is 236 g/mol. The summed E-state index contributed by atoms with van der Waals surface area (Å²) in [5, 5.41) is 9.31. The average Bonchev–Trinajstić information content (AvgIpc) is 2.62. The lowest BCUT2D eigenvalue weighted by Gasteiger charge is -2.50. The standard InChI is InChI=1S/C14H20O3/c1-13(2)5-4-10(16)12-14(13)6-3-9(8-15)11(7-14)17-12/h3,11-12,15H,4-8H2,1-2H3. The van der Waals surface area contributed by atoms with Crippen LogP contribution in [-0.4, -0.2) is 29.7 Å². The Morgan fingerprint density at radius 3 is 3.00 bits per heavy atom. The van der Waals surface area contributed by atoms with Gasteiger partial charge in [-0.1, -0.05) is 19.9 Å². The fourth-order valence-corrected chi connectivity index (χ4v) is 3.91. The molecule has 17 heavy (non-hydrogen) atoms. The Bertz CT molecular complexity index is 396. The van der Waals surface area contributed by atoms with Crippen LogP contribution in [0, 0.1) is 10.8 Å². The Balaban J connectivity index is 2.04. The second kappa shape index (κ2) is 3.42. The zero-order valence-corrected chi connectivity index (χ0v) is 10.5. The number of aliphatic hydroxyl groups is 1. The van der Waals surface area contributed by atoms with Gasteiger partial charge in [-0.15, -0.1) is 0 Å². The SMILES string of the molecule is CC1(C)CCC(=O)C2OC3CC21CC=C3CO. The summed E-state index contributed by atoms with van der Waals surface area (Å²) in [6.45, 7) is 4.58. The quantitative estimate of drug-likeness (QED) is 0.707. The molecule has 2 fully saturated rings. The van der Waals surface area contributed by atoms with E-state index in [1.807, 2.05) is 0 Å². The molecule has 1 spiro atoms. The van der Waals surface area contributed by atoms with Crippen LogP contribution in [0.3, 0.4) is 0 Å². The van der Waals surface area contributed by atoms with Crippen molar-refractivity contribution in [1.82, 2.24) is 0 Å². The van der Waals surface area contributed by atoms with Crippen molar-refractivity contribution in [2.75, 3.05) is 6.61 Å². The summed E-state index contributed by atoms with van der Waals surface area (Å²) in [7, 11) is 0. The molecule has 0 radical (unpaired) electrons. The van der Waals surface area contributed by atoms with Gasteiger partial charge in [0.15, 0.2) is 5.78 Å². The highest BCUT2D eigenvalue weighted by atomic mass is 16.5. The number of Topliss-reactive ketones (excluding diaryl/α,β-unsaturated/α-hetero) is 1. The Labute approximate surface area is 102 Å². The molecule has 1 saturated heterocycles. The maximum Gasteiger partial charge on any atom is 0.162 e. The van der Waals surface area contributed by atoms with Crippen molar-refractivity contribution >= 4 is 5.78 Å². The number of ether oxygens (including phenoxy) is 1. The summed E-state index contributed by atoms with van der Waals surface area (Å²) >= 11 is 0. The van der Waals surface area contributed by atoms with Crippen molar-refractivity contribution in [2.24, 2.45) is 10.8 Å². The van der Waals surface area contributed by atoms with Crippen molar-refractivity contribution in [3.05, 3.63) is 11.6 Å². The molecule has 0 aromatic carbocycles. The Morgan fingerprint density at radius 1 is 1.53 bits per heavy atom. The first kappa shape index (κ1) is 11.4. The smallest absolute Gasteiger partial charge is 0.162 e. The predicted octanol–water partition coefficient (Wildman–Crippen LogP) is 1.84. The molecule has 3 rings (SSSR count). The number of allylic oxidation sites excluding steroid dienone is 1. The van der Waals surface area contributed by atoms with Gasteiger partial charge in [-0.2, -0.15) is 0 Å². The summed E-state index contributed by atoms with van der Waals surface area (Å²) in [5.41, 5.74) is 1.09. The Hall–Kier alpha value is -0.670. The molecule has 1 heterocycles. The number of fused-ring (bicyclic) bond motifs is 1. The second-order valence-electron chi connectivity index (χ2n) is 6.36. The number of hydrogen-bond acceptors (Lipinski definition) is 3. The van der Waals surface area contributed by atoms with Crippen molar-refractivity contribution in [3.8, 4) is 0 Å². The third-order valence-corrected chi connectivity index (χ3v) is 5.31. The zero-order chi connectivity index (χ0) is 12.3. The molecule has 2 bridgehead atoms. The van der Waals surface area contributed by atoms with Gasteiger partial charge in [-0.3, -0.25) is 4.79 Å². The van der Waals surface area contributed by atoms with Gasteiger partial charge in [0.05, 0.1) is 12.7 Å². The molecular formula is C14H20O3. The van der Waals surface area contributed by atoms with Gasteiger partial charge in [-0.25, -0.2) is 0 Å². The van der Waals surface area contributed by atoms with Crippen molar-refractivity contribution < 1.29 is 14.6 Å². The first-order valence-corrected chi connectivity index (χ1v) is 6.48. The molecule has 0 amide bonds. The topological polar surface area (TPSA) is 46.5 Å². The van der Waals surface area contributed by atoms with Gasteiger partial charge < -0.3 is 9.84 Å². The van der Waals surface area contributed by atoms with E-state index >= 15 is 0 Å². The first-order valence-electron chi connectivity index (χ1n) is 6.48. The number of rotatable bonds is 1. The number of aliphatic hydroxyl groups excluding tert-OH is 1. The second-order valence-corrected chi connectivity index (χ2v) is 6.36. The lowest BCUT2D eigenvalue weighted by molar-refractivity contribution is -0.146. The van der Waals surface area contributed by atoms with E-state index in [-0.39, 0.29) is 35.4 Å². The molecule has 0 aromatic rings. The number of ketones is 1. The van der Waals surface area contributed by atoms with Gasteiger partial charge in [0, 0.05) is 11.8 Å². The van der Waals surface area contributed by atoms with Crippen LogP contribution in [0.1, 0.15) is 39.5 Å². The van der Waals surface area contributed by atoms with Crippen LogP contribution in [0.15, 0.2) is 11.6 Å². The highest BCUT2D eigenvalue weighted by molar-refractivity contribution is 5.86. The van der Waals surface area contributed by atoms with E-state index in [2.05, 4.69) is 19.9 Å². The van der Waals surface area contributed by atoms with Crippen molar-refractivity contribution in [1.29, 1.82) is 0 Å². The molecule has 3 unspecified atom stereocenters. The summed E-state index contributed by atoms with van der Waals surface area (Å²) in [6.07, 6.45) is 5.22. The Morgan fingerprint density at radius 2 is 2.29 bits per heavy atom. The minimum atomic E-state index is -0.239. The highest BCUT2D eigenvalue weighted by Crippen LogP contribution is 2.61. The zero-order valence-electron chi connectivity index (χ0n) is 10.5. The van der Waals surface area contributed by atoms with Crippen LogP contribution in [0.25, 0.3) is 0 Å². The van der Waals surface area contributed by atoms with Gasteiger partial charge in [0.2, 0.25) is 0 Å². The molecule has 1 aliphatic heterocycles. The van der Waals surface area contributed by atoms with Gasteiger partial charge in [0.25, 0.3) is 0 Å². The molecule has 1 saturated carbocycles. The number of hydrogen-bond donors (Lipinski definition) is 1. The molecule has 3 aliphatic rings. The normalized spacial score (nSPS) is 43.2. The monoisotopic (exact) mass is 236 g/mol. The predicted molar refractivity (Wildman–Crippen MR) is 63.5 cm³/mol. The molecule has 94 valence electrons. The molecule has 2 aliphatic carbocycles. The highest BCUT2D eigenvalue weighted by Gasteiger charge is 2.62. The molecule has 3 heteroatoms. The summed E-state index contributed by atoms with van der Waals surface area (Å²) in [4.78, 5) is 12.1. The third kappa shape index (κ3) is 1.33. The van der Waals surface area contributed by atoms with E-state index in [9.17, 15) is 9.90 Å². The third-order valence-electron chi connectivity index (χ3n) is 5.31. The van der Waals surface area contributed by atoms with Crippen LogP contribution in [0.4, 0.5) is 0 Å². The van der Waals surface area contributed by atoms with E-state index in [4.69, 9.17) is 4.74 Å². The minimum absolute atomic E-state index is 0.0222. The number of carbonyl (C=O) groups excluding carboxylic acids is 1. The van der Waals surface area contributed by atoms with Crippen LogP contribution >= 0.6 is 0 Å². The van der Waals surface area contributed by atoms with E-state index in [0.717, 1.165) is 24.8 Å². The van der Waals surface area contributed by atoms with Crippen LogP contribution < -0.4 is 0 Å². The lowest BCUT2D eigenvalue weighted by atomic mass is 9.52. The Kier molecular flexibility index (Phi) is 2.30. The molecule has 0 aromatic heterocycles. The molecule has 3 nitrogen and oxygen atoms in total. The van der Waals surface area contributed by atoms with Crippen LogP contribution in [0.2, 0.25) is 0 Å². The van der Waals surface area contributed by atoms with E-state index < -0.39 is 0 Å². The van der Waals surface area contributed by atoms with Gasteiger partial charge >= 0.3 is 0 Å². The van der Waals surface area contributed by atoms with E-state index in [1.54, 1.807) is 0 Å². The van der Waals surface area contributed by atoms with E-state index in [1.165, 1.54) is 0 Å². The first-order chi connectivity index (χ1) is 8.00. The molecule has 1 N–H and O–H groups in total. The maximum absolute atomic E-state index is 12.1. The van der Waals surface area contributed by atoms with Crippen LogP contribution in [0.5, 0.6) is 0 Å². The minimum Gasteiger partial charge on any atom is -0.392 e. The van der Waals surface area contributed by atoms with Crippen molar-refractivity contribution in [3.63, 3.8) is 0 Å². The molecular weight excluding hydrogens is 216 g/mol. The fraction of sp³-hybridized carbons (Fsp3) is 0.786. The largest absolute Gasteiger partial charge is 0.392 e. The van der Waals surface area contributed by atoms with Gasteiger partial charge in [-0.05, 0) is 30.3 Å². The summed E-state index contributed by atoms with van der Waals surface area (Å²) in [6, 6.07) is 0. The fourth-order valence-electron chi connectivity index (χ4n) is 3.91. The number of carbonyl (C=O) groups is 1. The summed E-state index contributed by atoms with van der Waals surface area (Å²) in [5.74, 6) is 0.263. The lowest BCUT2D eigenvalue weighted by Crippen LogP contribution is -2.51. The molecule has 3 atom stereocenters. The summed E-state index contributed by atoms with van der Waals surface area (Å²) < 4.78 is 5.95. The van der Waals surface area contributed by atoms with Crippen LogP contribution in [-0.2, 0) is 9.53 Å². The van der Waals surface area contributed by atoms with Crippen molar-refractivity contribution in [2.45, 2.75) is 51.7 Å². The maximum atomic E-state index is 12.1.